The molecular weight excluding hydrogens is 402 g/mol. The molecule has 1 N–H and O–H groups in total. The maximum Gasteiger partial charge on any atom is 0.251 e. The van der Waals surface area contributed by atoms with E-state index < -0.39 is 0 Å². The van der Waals surface area contributed by atoms with E-state index >= 15 is 0 Å². The zero-order chi connectivity index (χ0) is 21.7. The third-order valence-corrected chi connectivity index (χ3v) is 4.69. The molecule has 0 aliphatic heterocycles. The minimum absolute atomic E-state index is 0.0536. The van der Waals surface area contributed by atoms with Crippen LogP contribution in [-0.4, -0.2) is 33.8 Å². The molecule has 154 valence electrons. The second kappa shape index (κ2) is 9.45. The Morgan fingerprint density at radius 2 is 1.90 bits per heavy atom. The van der Waals surface area contributed by atoms with Crippen LogP contribution in [0.3, 0.4) is 0 Å². The summed E-state index contributed by atoms with van der Waals surface area (Å²) in [4.78, 5) is 39.4. The Hall–Kier alpha value is -3.32. The number of hydrogen-bond donors (Lipinski definition) is 1. The van der Waals surface area contributed by atoms with Crippen LogP contribution < -0.4 is 10.2 Å². The summed E-state index contributed by atoms with van der Waals surface area (Å²) in [6, 6.07) is 8.75. The van der Waals surface area contributed by atoms with Gasteiger partial charge in [0, 0.05) is 48.4 Å². The number of rotatable bonds is 6. The first kappa shape index (κ1) is 21.4. The third kappa shape index (κ3) is 5.18. The number of halogens is 1. The lowest BCUT2D eigenvalue weighted by Crippen LogP contribution is -2.31. The summed E-state index contributed by atoms with van der Waals surface area (Å²) in [5.41, 5.74) is 3.01. The normalized spacial score (nSPS) is 10.7. The fourth-order valence-corrected chi connectivity index (χ4v) is 2.95. The van der Waals surface area contributed by atoms with E-state index in [-0.39, 0.29) is 24.3 Å². The van der Waals surface area contributed by atoms with Crippen molar-refractivity contribution in [2.24, 2.45) is 5.92 Å². The van der Waals surface area contributed by atoms with Gasteiger partial charge >= 0.3 is 0 Å². The number of aromatic nitrogens is 3. The molecule has 30 heavy (non-hydrogen) atoms. The molecule has 2 amide bonds. The van der Waals surface area contributed by atoms with Crippen molar-refractivity contribution < 1.29 is 9.59 Å². The maximum atomic E-state index is 12.8. The Morgan fingerprint density at radius 1 is 1.10 bits per heavy atom. The van der Waals surface area contributed by atoms with Gasteiger partial charge in [0.1, 0.15) is 0 Å². The van der Waals surface area contributed by atoms with E-state index in [0.29, 0.717) is 33.2 Å². The van der Waals surface area contributed by atoms with Gasteiger partial charge in [-0.15, -0.1) is 0 Å². The SMILES string of the molecule is CC(C)C(=O)N(C)c1cc(C(=O)NCc2cnccn2)cc(-c2ccc(Cl)cn2)c1. The lowest BCUT2D eigenvalue weighted by molar-refractivity contribution is -0.121. The topological polar surface area (TPSA) is 88.1 Å². The first-order valence-electron chi connectivity index (χ1n) is 9.43. The molecule has 8 heteroatoms. The molecule has 7 nitrogen and oxygen atoms in total. The van der Waals surface area contributed by atoms with Crippen LogP contribution >= 0.6 is 11.6 Å². The Balaban J connectivity index is 1.95. The van der Waals surface area contributed by atoms with Crippen molar-refractivity contribution in [1.82, 2.24) is 20.3 Å². The van der Waals surface area contributed by atoms with E-state index in [4.69, 9.17) is 11.6 Å². The quantitative estimate of drug-likeness (QED) is 0.652. The minimum atomic E-state index is -0.289. The second-order valence-electron chi connectivity index (χ2n) is 7.06. The highest BCUT2D eigenvalue weighted by atomic mass is 35.5. The number of benzene rings is 1. The molecular formula is C22H22ClN5O2. The van der Waals surface area contributed by atoms with Gasteiger partial charge in [0.15, 0.2) is 0 Å². The van der Waals surface area contributed by atoms with Crippen LogP contribution in [0, 0.1) is 5.92 Å². The lowest BCUT2D eigenvalue weighted by Gasteiger charge is -2.21. The molecule has 0 aliphatic rings. The molecule has 0 saturated carbocycles. The molecule has 0 spiro atoms. The highest BCUT2D eigenvalue weighted by molar-refractivity contribution is 6.30. The van der Waals surface area contributed by atoms with Crippen molar-refractivity contribution in [3.8, 4) is 11.3 Å². The van der Waals surface area contributed by atoms with E-state index in [1.54, 1.807) is 61.0 Å². The van der Waals surface area contributed by atoms with Gasteiger partial charge < -0.3 is 10.2 Å². The van der Waals surface area contributed by atoms with Crippen LogP contribution in [0.2, 0.25) is 5.02 Å². The van der Waals surface area contributed by atoms with Crippen LogP contribution in [0.15, 0.2) is 55.1 Å². The van der Waals surface area contributed by atoms with Gasteiger partial charge in [-0.2, -0.15) is 0 Å². The Morgan fingerprint density at radius 3 is 2.53 bits per heavy atom. The Kier molecular flexibility index (Phi) is 6.74. The molecule has 3 rings (SSSR count). The molecule has 1 aromatic carbocycles. The molecule has 3 aromatic rings. The largest absolute Gasteiger partial charge is 0.346 e. The number of amides is 2. The zero-order valence-electron chi connectivity index (χ0n) is 17.0. The molecule has 0 unspecified atom stereocenters. The van der Waals surface area contributed by atoms with Crippen LogP contribution in [-0.2, 0) is 11.3 Å². The van der Waals surface area contributed by atoms with Crippen molar-refractivity contribution >= 4 is 29.1 Å². The van der Waals surface area contributed by atoms with Crippen LogP contribution in [0.1, 0.15) is 29.9 Å². The average Bonchev–Trinajstić information content (AvgIpc) is 2.77. The first-order chi connectivity index (χ1) is 14.3. The van der Waals surface area contributed by atoms with Crippen molar-refractivity contribution in [2.45, 2.75) is 20.4 Å². The molecule has 2 heterocycles. The maximum absolute atomic E-state index is 12.8. The smallest absolute Gasteiger partial charge is 0.251 e. The highest BCUT2D eigenvalue weighted by Gasteiger charge is 2.18. The molecule has 0 saturated heterocycles. The molecule has 0 bridgehead atoms. The lowest BCUT2D eigenvalue weighted by atomic mass is 10.0. The minimum Gasteiger partial charge on any atom is -0.346 e. The van der Waals surface area contributed by atoms with E-state index in [0.717, 1.165) is 0 Å². The summed E-state index contributed by atoms with van der Waals surface area (Å²) in [7, 11) is 1.69. The van der Waals surface area contributed by atoms with E-state index in [1.807, 2.05) is 19.9 Å². The van der Waals surface area contributed by atoms with Crippen molar-refractivity contribution in [3.63, 3.8) is 0 Å². The van der Waals surface area contributed by atoms with Gasteiger partial charge in [-0.25, -0.2) is 0 Å². The van der Waals surface area contributed by atoms with Gasteiger partial charge in [-0.05, 0) is 30.3 Å². The Labute approximate surface area is 180 Å². The molecule has 0 aliphatic carbocycles. The molecule has 2 aromatic heterocycles. The van der Waals surface area contributed by atoms with Crippen LogP contribution in [0.4, 0.5) is 5.69 Å². The standard InChI is InChI=1S/C22H22ClN5O2/c1-14(2)22(30)28(3)19-9-15(20-5-4-17(23)11-26-20)8-16(10-19)21(29)27-13-18-12-24-6-7-25-18/h4-12,14H,13H2,1-3H3,(H,27,29). The summed E-state index contributed by atoms with van der Waals surface area (Å²) in [5, 5.41) is 3.35. The molecule has 0 fully saturated rings. The Bertz CT molecular complexity index is 1040. The predicted molar refractivity (Wildman–Crippen MR) is 116 cm³/mol. The van der Waals surface area contributed by atoms with Crippen molar-refractivity contribution in [2.75, 3.05) is 11.9 Å². The van der Waals surface area contributed by atoms with Gasteiger partial charge in [0.2, 0.25) is 5.91 Å². The average molecular weight is 424 g/mol. The highest BCUT2D eigenvalue weighted by Crippen LogP contribution is 2.27. The zero-order valence-corrected chi connectivity index (χ0v) is 17.7. The summed E-state index contributed by atoms with van der Waals surface area (Å²) in [5.74, 6) is -0.522. The summed E-state index contributed by atoms with van der Waals surface area (Å²) >= 11 is 5.95. The summed E-state index contributed by atoms with van der Waals surface area (Å²) < 4.78 is 0. The van der Waals surface area contributed by atoms with E-state index in [2.05, 4.69) is 20.3 Å². The number of carbonyl (C=O) groups excluding carboxylic acids is 2. The van der Waals surface area contributed by atoms with Crippen molar-refractivity contribution in [3.05, 3.63) is 71.4 Å². The van der Waals surface area contributed by atoms with Crippen molar-refractivity contribution in [1.29, 1.82) is 0 Å². The summed E-state index contributed by atoms with van der Waals surface area (Å²) in [6.45, 7) is 3.90. The third-order valence-electron chi connectivity index (χ3n) is 4.46. The number of carbonyl (C=O) groups is 2. The van der Waals surface area contributed by atoms with Gasteiger partial charge in [0.25, 0.3) is 5.91 Å². The van der Waals surface area contributed by atoms with Gasteiger partial charge in [-0.3, -0.25) is 24.5 Å². The number of nitrogens with zero attached hydrogens (tertiary/aromatic N) is 4. The fourth-order valence-electron chi connectivity index (χ4n) is 2.84. The number of hydrogen-bond acceptors (Lipinski definition) is 5. The van der Waals surface area contributed by atoms with Gasteiger partial charge in [0.05, 0.1) is 29.2 Å². The molecule has 0 atom stereocenters. The fraction of sp³-hybridized carbons (Fsp3) is 0.227. The van der Waals surface area contributed by atoms with Crippen LogP contribution in [0.5, 0.6) is 0 Å². The van der Waals surface area contributed by atoms with Gasteiger partial charge in [-0.1, -0.05) is 25.4 Å². The van der Waals surface area contributed by atoms with E-state index in [1.165, 1.54) is 0 Å². The van der Waals surface area contributed by atoms with E-state index in [9.17, 15) is 9.59 Å². The number of anilines is 1. The predicted octanol–water partition coefficient (Wildman–Crippen LogP) is 3.74. The second-order valence-corrected chi connectivity index (χ2v) is 7.50. The first-order valence-corrected chi connectivity index (χ1v) is 9.80. The number of pyridine rings is 1. The monoisotopic (exact) mass is 423 g/mol. The summed E-state index contributed by atoms with van der Waals surface area (Å²) in [6.07, 6.45) is 6.27. The van der Waals surface area contributed by atoms with Crippen LogP contribution in [0.25, 0.3) is 11.3 Å². The number of nitrogens with one attached hydrogen (secondary N) is 1. The molecule has 0 radical (unpaired) electrons.